The van der Waals surface area contributed by atoms with Crippen LogP contribution in [0, 0.1) is 5.92 Å². The van der Waals surface area contributed by atoms with Gasteiger partial charge >= 0.3 is 0 Å². The van der Waals surface area contributed by atoms with Crippen LogP contribution in [0.25, 0.3) is 0 Å². The van der Waals surface area contributed by atoms with Crippen LogP contribution in [0.15, 0.2) is 10.6 Å². The van der Waals surface area contributed by atoms with Gasteiger partial charge in [0.2, 0.25) is 0 Å². The number of likely N-dealkylation sites (tertiary alicyclic amines) is 1. The molecule has 0 aliphatic carbocycles. The molecule has 0 radical (unpaired) electrons. The molecule has 6 nitrogen and oxygen atoms in total. The van der Waals surface area contributed by atoms with E-state index < -0.39 is 0 Å². The second-order valence-electron chi connectivity index (χ2n) is 5.12. The molecule has 0 aromatic carbocycles. The van der Waals surface area contributed by atoms with E-state index in [4.69, 9.17) is 15.0 Å². The molecular weight excluding hydrogens is 246 g/mol. The summed E-state index contributed by atoms with van der Waals surface area (Å²) in [6.45, 7) is 3.77. The fraction of sp³-hybridized carbons (Fsp3) is 0.692. The highest BCUT2D eigenvalue weighted by atomic mass is 16.5. The Bertz CT molecular complexity index is 431. The molecule has 19 heavy (non-hydrogen) atoms. The maximum absolute atomic E-state index is 12.3. The zero-order valence-corrected chi connectivity index (χ0v) is 11.5. The molecule has 1 fully saturated rings. The number of nitrogens with zero attached hydrogens (tertiary/aromatic N) is 2. The summed E-state index contributed by atoms with van der Waals surface area (Å²) in [4.78, 5) is 14.1. The molecule has 2 atom stereocenters. The number of amides is 1. The van der Waals surface area contributed by atoms with Gasteiger partial charge in [-0.2, -0.15) is 0 Å². The van der Waals surface area contributed by atoms with Gasteiger partial charge in [0.1, 0.15) is 6.61 Å². The van der Waals surface area contributed by atoms with E-state index in [0.29, 0.717) is 30.5 Å². The van der Waals surface area contributed by atoms with E-state index in [9.17, 15) is 4.79 Å². The summed E-state index contributed by atoms with van der Waals surface area (Å²) in [5, 5.41) is 3.80. The van der Waals surface area contributed by atoms with Gasteiger partial charge in [-0.3, -0.25) is 4.79 Å². The van der Waals surface area contributed by atoms with E-state index in [1.54, 1.807) is 13.2 Å². The molecule has 1 amide bonds. The average Bonchev–Trinajstić information content (AvgIpc) is 2.87. The summed E-state index contributed by atoms with van der Waals surface area (Å²) < 4.78 is 9.98. The van der Waals surface area contributed by atoms with E-state index >= 15 is 0 Å². The first kappa shape index (κ1) is 14.0. The Morgan fingerprint density at radius 2 is 2.53 bits per heavy atom. The summed E-state index contributed by atoms with van der Waals surface area (Å²) >= 11 is 0. The molecule has 2 unspecified atom stereocenters. The van der Waals surface area contributed by atoms with Crippen molar-refractivity contribution in [1.82, 2.24) is 10.1 Å². The zero-order chi connectivity index (χ0) is 13.8. The summed E-state index contributed by atoms with van der Waals surface area (Å²) in [5.74, 6) is 0.839. The number of piperidine rings is 1. The predicted octanol–water partition coefficient (Wildman–Crippen LogP) is 1.02. The van der Waals surface area contributed by atoms with Gasteiger partial charge in [-0.15, -0.1) is 0 Å². The van der Waals surface area contributed by atoms with Crippen molar-refractivity contribution in [2.75, 3.05) is 20.2 Å². The van der Waals surface area contributed by atoms with Crippen molar-refractivity contribution in [3.8, 4) is 0 Å². The van der Waals surface area contributed by atoms with Crippen LogP contribution in [0.2, 0.25) is 0 Å². The van der Waals surface area contributed by atoms with Crippen LogP contribution < -0.4 is 5.73 Å². The van der Waals surface area contributed by atoms with Gasteiger partial charge in [0.05, 0.1) is 0 Å². The summed E-state index contributed by atoms with van der Waals surface area (Å²) in [7, 11) is 1.57. The second-order valence-corrected chi connectivity index (χ2v) is 5.12. The maximum atomic E-state index is 12.3. The molecule has 2 rings (SSSR count). The van der Waals surface area contributed by atoms with Gasteiger partial charge in [-0.1, -0.05) is 5.16 Å². The molecule has 1 aliphatic rings. The van der Waals surface area contributed by atoms with Gasteiger partial charge in [-0.25, -0.2) is 0 Å². The van der Waals surface area contributed by atoms with Crippen molar-refractivity contribution in [3.05, 3.63) is 17.5 Å². The quantitative estimate of drug-likeness (QED) is 0.880. The molecule has 1 aliphatic heterocycles. The molecule has 1 saturated heterocycles. The third kappa shape index (κ3) is 3.33. The van der Waals surface area contributed by atoms with Crippen molar-refractivity contribution in [1.29, 1.82) is 0 Å². The Morgan fingerprint density at radius 1 is 1.74 bits per heavy atom. The highest BCUT2D eigenvalue weighted by Gasteiger charge is 2.28. The van der Waals surface area contributed by atoms with Gasteiger partial charge in [0.15, 0.2) is 11.5 Å². The van der Waals surface area contributed by atoms with E-state index in [2.05, 4.69) is 5.16 Å². The molecular formula is C13H21N3O3. The van der Waals surface area contributed by atoms with Crippen LogP contribution in [-0.2, 0) is 11.3 Å². The normalized spacial score (nSPS) is 21.4. The first-order chi connectivity index (χ1) is 9.11. The van der Waals surface area contributed by atoms with Crippen LogP contribution in [0.5, 0.6) is 0 Å². The van der Waals surface area contributed by atoms with Crippen molar-refractivity contribution in [3.63, 3.8) is 0 Å². The molecule has 106 valence electrons. The van der Waals surface area contributed by atoms with Crippen LogP contribution in [0.3, 0.4) is 0 Å². The lowest BCUT2D eigenvalue weighted by Crippen LogP contribution is -2.45. The lowest BCUT2D eigenvalue weighted by molar-refractivity contribution is 0.0650. The lowest BCUT2D eigenvalue weighted by Gasteiger charge is -2.34. The van der Waals surface area contributed by atoms with E-state index in [1.807, 2.05) is 11.8 Å². The number of carbonyl (C=O) groups is 1. The van der Waals surface area contributed by atoms with Crippen LogP contribution in [0.4, 0.5) is 0 Å². The van der Waals surface area contributed by atoms with Gasteiger partial charge in [0.25, 0.3) is 5.91 Å². The number of ether oxygens (including phenoxy) is 1. The molecule has 2 heterocycles. The smallest absolute Gasteiger partial charge is 0.276 e. The third-order valence-electron chi connectivity index (χ3n) is 3.55. The van der Waals surface area contributed by atoms with Crippen molar-refractivity contribution in [2.45, 2.75) is 32.4 Å². The molecule has 0 saturated carbocycles. The Kier molecular flexibility index (Phi) is 4.55. The van der Waals surface area contributed by atoms with E-state index in [1.165, 1.54) is 0 Å². The SMILES string of the molecule is COCc1cc(C(=O)N2CCCC(C(C)N)C2)no1. The Balaban J connectivity index is 2.01. The fourth-order valence-electron chi connectivity index (χ4n) is 2.41. The lowest BCUT2D eigenvalue weighted by atomic mass is 9.92. The first-order valence-corrected chi connectivity index (χ1v) is 6.61. The minimum Gasteiger partial charge on any atom is -0.377 e. The third-order valence-corrected chi connectivity index (χ3v) is 3.55. The molecule has 1 aromatic heterocycles. The summed E-state index contributed by atoms with van der Waals surface area (Å²) in [5.41, 5.74) is 6.27. The van der Waals surface area contributed by atoms with E-state index in [0.717, 1.165) is 19.4 Å². The fourth-order valence-corrected chi connectivity index (χ4v) is 2.41. The molecule has 6 heteroatoms. The number of rotatable bonds is 4. The van der Waals surface area contributed by atoms with Gasteiger partial charge < -0.3 is 19.9 Å². The number of nitrogens with two attached hydrogens (primary N) is 1. The topological polar surface area (TPSA) is 81.6 Å². The van der Waals surface area contributed by atoms with Crippen LogP contribution >= 0.6 is 0 Å². The minimum absolute atomic E-state index is 0.0866. The largest absolute Gasteiger partial charge is 0.377 e. The van der Waals surface area contributed by atoms with Crippen LogP contribution in [-0.4, -0.2) is 42.2 Å². The molecule has 0 spiro atoms. The highest BCUT2D eigenvalue weighted by Crippen LogP contribution is 2.20. The highest BCUT2D eigenvalue weighted by molar-refractivity contribution is 5.92. The Hall–Kier alpha value is -1.40. The number of hydrogen-bond donors (Lipinski definition) is 1. The molecule has 1 aromatic rings. The summed E-state index contributed by atoms with van der Waals surface area (Å²) in [6, 6.07) is 1.75. The van der Waals surface area contributed by atoms with Crippen molar-refractivity contribution >= 4 is 5.91 Å². The monoisotopic (exact) mass is 267 g/mol. The summed E-state index contributed by atoms with van der Waals surface area (Å²) in [6.07, 6.45) is 2.07. The number of aromatic nitrogens is 1. The standard InChI is InChI=1S/C13H21N3O3/c1-9(14)10-4-3-5-16(7-10)13(17)12-6-11(8-18-2)19-15-12/h6,9-10H,3-5,7-8,14H2,1-2H3. The minimum atomic E-state index is -0.0866. The average molecular weight is 267 g/mol. The number of carbonyl (C=O) groups excluding carboxylic acids is 1. The first-order valence-electron chi connectivity index (χ1n) is 6.61. The number of methoxy groups -OCH3 is 1. The second kappa shape index (κ2) is 6.16. The van der Waals surface area contributed by atoms with E-state index in [-0.39, 0.29) is 11.9 Å². The van der Waals surface area contributed by atoms with Gasteiger partial charge in [0, 0.05) is 32.3 Å². The van der Waals surface area contributed by atoms with Crippen LogP contribution in [0.1, 0.15) is 36.0 Å². The number of hydrogen-bond acceptors (Lipinski definition) is 5. The molecule has 0 bridgehead atoms. The predicted molar refractivity (Wildman–Crippen MR) is 69.5 cm³/mol. The van der Waals surface area contributed by atoms with Gasteiger partial charge in [-0.05, 0) is 25.7 Å². The molecule has 2 N–H and O–H groups in total. The Morgan fingerprint density at radius 3 is 3.21 bits per heavy atom. The zero-order valence-electron chi connectivity index (χ0n) is 11.5. The maximum Gasteiger partial charge on any atom is 0.276 e. The Labute approximate surface area is 112 Å². The van der Waals surface area contributed by atoms with Crippen molar-refractivity contribution < 1.29 is 14.1 Å². The van der Waals surface area contributed by atoms with Crippen molar-refractivity contribution in [2.24, 2.45) is 11.7 Å².